The van der Waals surface area contributed by atoms with Gasteiger partial charge in [-0.05, 0) is 0 Å². The number of hydrogen-bond acceptors (Lipinski definition) is 0. The molecule has 0 atom stereocenters. The third-order valence-corrected chi connectivity index (χ3v) is 1.36. The van der Waals surface area contributed by atoms with Crippen LogP contribution in [0.15, 0.2) is 30.6 Å². The van der Waals surface area contributed by atoms with Crippen LogP contribution in [-0.4, -0.2) is 0 Å². The van der Waals surface area contributed by atoms with Crippen LogP contribution in [0.4, 0.5) is 0 Å². The van der Waals surface area contributed by atoms with Crippen LogP contribution in [0, 0.1) is 0 Å². The minimum absolute atomic E-state index is 1.32. The van der Waals surface area contributed by atoms with Crippen molar-refractivity contribution in [2.24, 2.45) is 7.05 Å². The summed E-state index contributed by atoms with van der Waals surface area (Å²) in [5.41, 5.74) is 0. The first-order valence-electron chi connectivity index (χ1n) is 4.21. The van der Waals surface area contributed by atoms with Gasteiger partial charge in [-0.1, -0.05) is 32.8 Å². The zero-order chi connectivity index (χ0) is 8.53. The van der Waals surface area contributed by atoms with Crippen molar-refractivity contribution in [2.45, 2.75) is 26.7 Å². The van der Waals surface area contributed by atoms with Crippen molar-refractivity contribution in [1.29, 1.82) is 0 Å². The first-order chi connectivity index (χ1) is 5.31. The normalized spacial score (nSPS) is 8.27. The zero-order valence-electron chi connectivity index (χ0n) is 7.75. The minimum Gasteiger partial charge on any atom is -0.208 e. The Morgan fingerprint density at radius 1 is 0.909 bits per heavy atom. The van der Waals surface area contributed by atoms with Gasteiger partial charge >= 0.3 is 0 Å². The molecule has 0 spiro atoms. The average molecular weight is 152 g/mol. The lowest BCUT2D eigenvalue weighted by molar-refractivity contribution is -0.671. The molecule has 1 heterocycles. The first-order valence-corrected chi connectivity index (χ1v) is 4.21. The largest absolute Gasteiger partial charge is 0.208 e. The third-order valence-electron chi connectivity index (χ3n) is 1.36. The molecule has 0 amide bonds. The van der Waals surface area contributed by atoms with Gasteiger partial charge in [0.25, 0.3) is 0 Å². The molecule has 0 aliphatic rings. The maximum atomic E-state index is 2.18. The summed E-state index contributed by atoms with van der Waals surface area (Å²) in [6.07, 6.45) is 6.64. The van der Waals surface area contributed by atoms with Crippen LogP contribution in [0.2, 0.25) is 0 Å². The van der Waals surface area contributed by atoms with E-state index < -0.39 is 0 Å². The summed E-state index contributed by atoms with van der Waals surface area (Å²) in [5, 5.41) is 0. The molecule has 0 unspecified atom stereocenters. The topological polar surface area (TPSA) is 3.88 Å². The van der Waals surface area contributed by atoms with E-state index in [4.69, 9.17) is 0 Å². The molecule has 1 heteroatoms. The number of hydrogen-bond donors (Lipinski definition) is 0. The molecule has 62 valence electrons. The van der Waals surface area contributed by atoms with Crippen LogP contribution in [0.1, 0.15) is 26.7 Å². The highest BCUT2D eigenvalue weighted by molar-refractivity contribution is 4.83. The molecule has 0 aromatic carbocycles. The molecular formula is C10H18N+. The Balaban J connectivity index is 0.000000218. The lowest BCUT2D eigenvalue weighted by Gasteiger charge is -1.77. The van der Waals surface area contributed by atoms with Crippen LogP contribution >= 0.6 is 0 Å². The fourth-order valence-corrected chi connectivity index (χ4v) is 0.485. The smallest absolute Gasteiger partial charge is 0.168 e. The maximum absolute atomic E-state index is 2.18. The Labute approximate surface area is 69.7 Å². The van der Waals surface area contributed by atoms with Gasteiger partial charge in [-0.25, -0.2) is 4.57 Å². The highest BCUT2D eigenvalue weighted by Gasteiger charge is 1.78. The SMILES string of the molecule is CCCC.C[n+]1ccccc1. The number of aryl methyl sites for hydroxylation is 1. The number of unbranched alkanes of at least 4 members (excludes halogenated alkanes) is 1. The van der Waals surface area contributed by atoms with E-state index in [2.05, 4.69) is 13.8 Å². The molecule has 0 saturated carbocycles. The number of pyridine rings is 1. The second kappa shape index (κ2) is 7.26. The number of aromatic nitrogens is 1. The molecule has 0 N–H and O–H groups in total. The van der Waals surface area contributed by atoms with Crippen LogP contribution in [0.3, 0.4) is 0 Å². The number of nitrogens with zero attached hydrogens (tertiary/aromatic N) is 1. The van der Waals surface area contributed by atoms with E-state index in [1.165, 1.54) is 12.8 Å². The summed E-state index contributed by atoms with van der Waals surface area (Å²) in [6, 6.07) is 6.00. The molecule has 0 saturated heterocycles. The first kappa shape index (κ1) is 10.2. The van der Waals surface area contributed by atoms with Gasteiger partial charge in [0.2, 0.25) is 0 Å². The van der Waals surface area contributed by atoms with Crippen LogP contribution in [0.25, 0.3) is 0 Å². The molecule has 0 fully saturated rings. The van der Waals surface area contributed by atoms with Gasteiger partial charge in [0, 0.05) is 12.1 Å². The summed E-state index contributed by atoms with van der Waals surface area (Å²) in [4.78, 5) is 0. The summed E-state index contributed by atoms with van der Waals surface area (Å²) in [5.74, 6) is 0. The number of rotatable bonds is 1. The van der Waals surface area contributed by atoms with E-state index in [1.807, 2.05) is 42.2 Å². The van der Waals surface area contributed by atoms with Crippen LogP contribution < -0.4 is 4.57 Å². The van der Waals surface area contributed by atoms with Crippen LogP contribution in [0.5, 0.6) is 0 Å². The van der Waals surface area contributed by atoms with E-state index in [0.29, 0.717) is 0 Å². The van der Waals surface area contributed by atoms with E-state index >= 15 is 0 Å². The van der Waals surface area contributed by atoms with Crippen molar-refractivity contribution in [3.8, 4) is 0 Å². The van der Waals surface area contributed by atoms with E-state index in [1.54, 1.807) is 0 Å². The van der Waals surface area contributed by atoms with Crippen molar-refractivity contribution in [2.75, 3.05) is 0 Å². The molecule has 1 rings (SSSR count). The summed E-state index contributed by atoms with van der Waals surface area (Å²) in [7, 11) is 2.00. The van der Waals surface area contributed by atoms with Crippen molar-refractivity contribution in [1.82, 2.24) is 0 Å². The monoisotopic (exact) mass is 152 g/mol. The molecular weight excluding hydrogens is 134 g/mol. The molecule has 1 aromatic rings. The fourth-order valence-electron chi connectivity index (χ4n) is 0.485. The Bertz CT molecular complexity index is 156. The van der Waals surface area contributed by atoms with E-state index in [0.717, 1.165) is 0 Å². The van der Waals surface area contributed by atoms with Gasteiger partial charge in [-0.15, -0.1) is 0 Å². The van der Waals surface area contributed by atoms with Crippen molar-refractivity contribution in [3.05, 3.63) is 30.6 Å². The standard InChI is InChI=1S/C6H8N.C4H10/c1-7-5-3-2-4-6-7;1-3-4-2/h2-6H,1H3;3-4H2,1-2H3/q+1;. The Hall–Kier alpha value is -0.850. The minimum atomic E-state index is 1.32. The Kier molecular flexibility index (Phi) is 6.70. The predicted molar refractivity (Wildman–Crippen MR) is 48.2 cm³/mol. The summed E-state index contributed by atoms with van der Waals surface area (Å²) >= 11 is 0. The second-order valence-electron chi connectivity index (χ2n) is 2.54. The molecule has 0 aliphatic heterocycles. The summed E-state index contributed by atoms with van der Waals surface area (Å²) < 4.78 is 2.00. The van der Waals surface area contributed by atoms with Crippen molar-refractivity contribution < 1.29 is 4.57 Å². The van der Waals surface area contributed by atoms with Gasteiger partial charge in [0.15, 0.2) is 12.4 Å². The van der Waals surface area contributed by atoms with Gasteiger partial charge in [0.1, 0.15) is 7.05 Å². The molecule has 1 aromatic heterocycles. The van der Waals surface area contributed by atoms with Gasteiger partial charge in [-0.3, -0.25) is 0 Å². The highest BCUT2D eigenvalue weighted by atomic mass is 14.9. The molecule has 0 aliphatic carbocycles. The lowest BCUT2D eigenvalue weighted by Crippen LogP contribution is -2.25. The summed E-state index contributed by atoms with van der Waals surface area (Å²) in [6.45, 7) is 4.36. The third kappa shape index (κ3) is 7.04. The van der Waals surface area contributed by atoms with Gasteiger partial charge < -0.3 is 0 Å². The quantitative estimate of drug-likeness (QED) is 0.544. The van der Waals surface area contributed by atoms with Crippen LogP contribution in [-0.2, 0) is 7.05 Å². The fraction of sp³-hybridized carbons (Fsp3) is 0.500. The predicted octanol–water partition coefficient (Wildman–Crippen LogP) is 2.32. The average Bonchev–Trinajstić information content (AvgIpc) is 2.07. The van der Waals surface area contributed by atoms with Crippen molar-refractivity contribution >= 4 is 0 Å². The molecule has 11 heavy (non-hydrogen) atoms. The Morgan fingerprint density at radius 2 is 1.36 bits per heavy atom. The second-order valence-corrected chi connectivity index (χ2v) is 2.54. The zero-order valence-corrected chi connectivity index (χ0v) is 7.75. The van der Waals surface area contributed by atoms with E-state index in [-0.39, 0.29) is 0 Å². The Morgan fingerprint density at radius 3 is 1.55 bits per heavy atom. The van der Waals surface area contributed by atoms with Crippen molar-refractivity contribution in [3.63, 3.8) is 0 Å². The molecule has 0 bridgehead atoms. The maximum Gasteiger partial charge on any atom is 0.168 e. The lowest BCUT2D eigenvalue weighted by atomic mass is 10.4. The highest BCUT2D eigenvalue weighted by Crippen LogP contribution is 1.76. The molecule has 1 nitrogen and oxygen atoms in total. The van der Waals surface area contributed by atoms with Gasteiger partial charge in [0.05, 0.1) is 0 Å². The molecule has 0 radical (unpaired) electrons. The van der Waals surface area contributed by atoms with E-state index in [9.17, 15) is 0 Å². The van der Waals surface area contributed by atoms with Gasteiger partial charge in [-0.2, -0.15) is 0 Å².